The van der Waals surface area contributed by atoms with Crippen LogP contribution in [0, 0.1) is 0 Å². The molecule has 1 amide bonds. The zero-order valence-corrected chi connectivity index (χ0v) is 15.4. The van der Waals surface area contributed by atoms with E-state index < -0.39 is 0 Å². The van der Waals surface area contributed by atoms with Gasteiger partial charge in [0.05, 0.1) is 19.8 Å². The summed E-state index contributed by atoms with van der Waals surface area (Å²) in [5.41, 5.74) is 1.74. The summed E-state index contributed by atoms with van der Waals surface area (Å²) in [5, 5.41) is 2.76. The zero-order valence-electron chi connectivity index (χ0n) is 15.4. The van der Waals surface area contributed by atoms with Crippen LogP contribution in [-0.4, -0.2) is 69.1 Å². The molecule has 2 fully saturated rings. The number of Topliss-reactive ketones (excluding diaryl/α,β-unsaturated/α-hetero) is 1. The van der Waals surface area contributed by atoms with Crippen molar-refractivity contribution in [2.45, 2.75) is 25.7 Å². The van der Waals surface area contributed by atoms with Gasteiger partial charge in [-0.05, 0) is 50.2 Å². The predicted octanol–water partition coefficient (Wildman–Crippen LogP) is 1.70. The van der Waals surface area contributed by atoms with Gasteiger partial charge in [-0.1, -0.05) is 6.42 Å². The number of anilines is 1. The third-order valence-corrected chi connectivity index (χ3v) is 5.12. The van der Waals surface area contributed by atoms with E-state index in [9.17, 15) is 9.59 Å². The first-order valence-electron chi connectivity index (χ1n) is 9.67. The molecule has 2 saturated heterocycles. The average molecular weight is 359 g/mol. The highest BCUT2D eigenvalue weighted by molar-refractivity contribution is 5.99. The van der Waals surface area contributed by atoms with E-state index in [2.05, 4.69) is 15.1 Å². The van der Waals surface area contributed by atoms with Gasteiger partial charge in [0, 0.05) is 37.3 Å². The first-order valence-corrected chi connectivity index (χ1v) is 9.67. The number of amides is 1. The van der Waals surface area contributed by atoms with Crippen LogP contribution in [0.1, 0.15) is 36.0 Å². The van der Waals surface area contributed by atoms with E-state index in [0.717, 1.165) is 51.6 Å². The fraction of sp³-hybridized carbons (Fsp3) is 0.600. The van der Waals surface area contributed by atoms with Crippen LogP contribution in [0.2, 0.25) is 0 Å². The number of nitrogens with one attached hydrogen (secondary N) is 1. The summed E-state index contributed by atoms with van der Waals surface area (Å²) in [4.78, 5) is 28.8. The van der Waals surface area contributed by atoms with Crippen LogP contribution in [-0.2, 0) is 9.53 Å². The summed E-state index contributed by atoms with van der Waals surface area (Å²) in [7, 11) is 0. The molecule has 1 N–H and O–H groups in total. The second-order valence-electron chi connectivity index (χ2n) is 7.00. The van der Waals surface area contributed by atoms with Gasteiger partial charge in [0.15, 0.2) is 5.78 Å². The molecule has 6 heteroatoms. The van der Waals surface area contributed by atoms with Crippen LogP contribution in [0.25, 0.3) is 0 Å². The highest BCUT2D eigenvalue weighted by atomic mass is 16.5. The number of hydrogen-bond donors (Lipinski definition) is 1. The molecule has 0 aromatic heterocycles. The maximum Gasteiger partial charge on any atom is 0.221 e. The molecule has 1 aromatic carbocycles. The van der Waals surface area contributed by atoms with Crippen LogP contribution in [0.15, 0.2) is 24.3 Å². The summed E-state index contributed by atoms with van der Waals surface area (Å²) in [6.45, 7) is 6.25. The van der Waals surface area contributed by atoms with Gasteiger partial charge >= 0.3 is 0 Å². The highest BCUT2D eigenvalue weighted by Gasteiger charge is 2.14. The Labute approximate surface area is 155 Å². The lowest BCUT2D eigenvalue weighted by Gasteiger charge is -2.28. The van der Waals surface area contributed by atoms with Gasteiger partial charge in [0.1, 0.15) is 0 Å². The van der Waals surface area contributed by atoms with Crippen molar-refractivity contribution in [2.24, 2.45) is 0 Å². The van der Waals surface area contributed by atoms with E-state index in [-0.39, 0.29) is 18.2 Å². The first kappa shape index (κ1) is 18.9. The quantitative estimate of drug-likeness (QED) is 0.751. The molecule has 1 aromatic rings. The Kier molecular flexibility index (Phi) is 7.03. The number of rotatable bonds is 7. The summed E-state index contributed by atoms with van der Waals surface area (Å²) < 4.78 is 5.36. The maximum atomic E-state index is 12.3. The number of morpholine rings is 1. The number of likely N-dealkylation sites (tertiary alicyclic amines) is 1. The molecule has 3 rings (SSSR count). The van der Waals surface area contributed by atoms with Crippen LogP contribution < -0.4 is 10.2 Å². The fourth-order valence-corrected chi connectivity index (χ4v) is 3.49. The maximum absolute atomic E-state index is 12.3. The Balaban J connectivity index is 1.40. The molecule has 2 aliphatic heterocycles. The molecule has 0 atom stereocenters. The Bertz CT molecular complexity index is 591. The van der Waals surface area contributed by atoms with Crippen molar-refractivity contribution >= 4 is 17.4 Å². The predicted molar refractivity (Wildman–Crippen MR) is 102 cm³/mol. The number of ketones is 1. The molecule has 0 bridgehead atoms. The minimum atomic E-state index is -0.0511. The number of piperidine rings is 1. The smallest absolute Gasteiger partial charge is 0.221 e. The third-order valence-electron chi connectivity index (χ3n) is 5.12. The molecule has 0 unspecified atom stereocenters. The van der Waals surface area contributed by atoms with Crippen molar-refractivity contribution < 1.29 is 14.3 Å². The number of benzene rings is 1. The molecule has 0 radical (unpaired) electrons. The van der Waals surface area contributed by atoms with Gasteiger partial charge < -0.3 is 19.9 Å². The number of hydrogen-bond acceptors (Lipinski definition) is 5. The van der Waals surface area contributed by atoms with Crippen molar-refractivity contribution in [3.8, 4) is 0 Å². The lowest BCUT2D eigenvalue weighted by molar-refractivity contribution is -0.121. The zero-order chi connectivity index (χ0) is 18.2. The monoisotopic (exact) mass is 359 g/mol. The van der Waals surface area contributed by atoms with E-state index in [1.165, 1.54) is 19.3 Å². The molecule has 142 valence electrons. The van der Waals surface area contributed by atoms with Crippen molar-refractivity contribution in [2.75, 3.05) is 57.4 Å². The summed E-state index contributed by atoms with van der Waals surface area (Å²) in [5.74, 6) is -0.0984. The van der Waals surface area contributed by atoms with Crippen molar-refractivity contribution in [1.29, 1.82) is 0 Å². The van der Waals surface area contributed by atoms with Crippen LogP contribution in [0.3, 0.4) is 0 Å². The summed E-state index contributed by atoms with van der Waals surface area (Å²) in [6.07, 6.45) is 4.20. The molecular weight excluding hydrogens is 330 g/mol. The topological polar surface area (TPSA) is 61.9 Å². The second-order valence-corrected chi connectivity index (χ2v) is 7.00. The first-order chi connectivity index (χ1) is 12.7. The Morgan fingerprint density at radius 1 is 0.962 bits per heavy atom. The second kappa shape index (κ2) is 9.69. The molecular formula is C20H29N3O3. The number of carbonyl (C=O) groups excluding carboxylic acids is 2. The van der Waals surface area contributed by atoms with E-state index in [4.69, 9.17) is 4.74 Å². The number of nitrogens with zero attached hydrogens (tertiary/aromatic N) is 2. The molecule has 2 aliphatic rings. The lowest BCUT2D eigenvalue weighted by Crippen LogP contribution is -2.36. The fourth-order valence-electron chi connectivity index (χ4n) is 3.49. The molecule has 0 spiro atoms. The van der Waals surface area contributed by atoms with E-state index in [0.29, 0.717) is 12.0 Å². The van der Waals surface area contributed by atoms with E-state index in [1.54, 1.807) is 0 Å². The van der Waals surface area contributed by atoms with Crippen LogP contribution >= 0.6 is 0 Å². The summed E-state index contributed by atoms with van der Waals surface area (Å²) in [6, 6.07) is 7.62. The average Bonchev–Trinajstić information content (AvgIpc) is 2.72. The van der Waals surface area contributed by atoms with Gasteiger partial charge in [0.25, 0.3) is 0 Å². The normalized spacial score (nSPS) is 18.5. The highest BCUT2D eigenvalue weighted by Crippen LogP contribution is 2.17. The molecule has 0 aliphatic carbocycles. The standard InChI is InChI=1S/C20H29N3O3/c24-19(16-21-20(25)8-11-22-9-2-1-3-10-22)17-4-6-18(7-5-17)23-12-14-26-15-13-23/h4-7H,1-3,8-16H2,(H,21,25). The molecule has 0 saturated carbocycles. The summed E-state index contributed by atoms with van der Waals surface area (Å²) >= 11 is 0. The van der Waals surface area contributed by atoms with Crippen LogP contribution in [0.5, 0.6) is 0 Å². The number of carbonyl (C=O) groups is 2. The van der Waals surface area contributed by atoms with Gasteiger partial charge in [0.2, 0.25) is 5.91 Å². The molecule has 2 heterocycles. The Morgan fingerprint density at radius 3 is 2.35 bits per heavy atom. The largest absolute Gasteiger partial charge is 0.378 e. The SMILES string of the molecule is O=C(CCN1CCCCC1)NCC(=O)c1ccc(N2CCOCC2)cc1. The third kappa shape index (κ3) is 5.54. The van der Waals surface area contributed by atoms with Gasteiger partial charge in [-0.3, -0.25) is 9.59 Å². The Morgan fingerprint density at radius 2 is 1.65 bits per heavy atom. The van der Waals surface area contributed by atoms with E-state index >= 15 is 0 Å². The minimum absolute atomic E-state index is 0.0474. The van der Waals surface area contributed by atoms with Gasteiger partial charge in [-0.15, -0.1) is 0 Å². The molecule has 6 nitrogen and oxygen atoms in total. The lowest BCUT2D eigenvalue weighted by atomic mass is 10.1. The van der Waals surface area contributed by atoms with Crippen LogP contribution in [0.4, 0.5) is 5.69 Å². The molecule has 26 heavy (non-hydrogen) atoms. The van der Waals surface area contributed by atoms with Crippen molar-refractivity contribution in [3.63, 3.8) is 0 Å². The Hall–Kier alpha value is -1.92. The van der Waals surface area contributed by atoms with E-state index in [1.807, 2.05) is 24.3 Å². The number of ether oxygens (including phenoxy) is 1. The van der Waals surface area contributed by atoms with Crippen molar-refractivity contribution in [1.82, 2.24) is 10.2 Å². The van der Waals surface area contributed by atoms with Crippen molar-refractivity contribution in [3.05, 3.63) is 29.8 Å². The van der Waals surface area contributed by atoms with Gasteiger partial charge in [-0.2, -0.15) is 0 Å². The van der Waals surface area contributed by atoms with Gasteiger partial charge in [-0.25, -0.2) is 0 Å². The minimum Gasteiger partial charge on any atom is -0.378 e.